The number of benzene rings is 1. The molecule has 0 bridgehead atoms. The Morgan fingerprint density at radius 3 is 3.00 bits per heavy atom. The van der Waals surface area contributed by atoms with Crippen molar-refractivity contribution in [3.63, 3.8) is 0 Å². The smallest absolute Gasteiger partial charge is 0.343 e. The molecule has 106 valence electrons. The maximum absolute atomic E-state index is 11.8. The fourth-order valence-electron chi connectivity index (χ4n) is 1.41. The van der Waals surface area contributed by atoms with E-state index >= 15 is 0 Å². The predicted octanol–water partition coefficient (Wildman–Crippen LogP) is 1.07. The first kappa shape index (κ1) is 14.5. The zero-order chi connectivity index (χ0) is 14.7. The number of carbonyl (C=O) groups is 1. The standard InChI is InChI=1S/C11H12ClN5O2S/c1-17-10(19)15-16-11(17)20-5-9(18)14-8-4-6(12)2-3-7(8)13/h2-4H,5,13H2,1H3,(H,14,18)(H,15,19). The molecular weight excluding hydrogens is 302 g/mol. The number of anilines is 2. The van der Waals surface area contributed by atoms with E-state index in [-0.39, 0.29) is 17.3 Å². The van der Waals surface area contributed by atoms with Crippen LogP contribution in [0.2, 0.25) is 5.02 Å². The Hall–Kier alpha value is -1.93. The maximum Gasteiger partial charge on any atom is 0.343 e. The Bertz CT molecular complexity index is 696. The van der Waals surface area contributed by atoms with E-state index in [1.807, 2.05) is 0 Å². The predicted molar refractivity (Wildman–Crippen MR) is 79.0 cm³/mol. The number of aromatic nitrogens is 3. The molecule has 1 aromatic heterocycles. The number of nitrogen functional groups attached to an aromatic ring is 1. The van der Waals surface area contributed by atoms with Crippen LogP contribution in [0, 0.1) is 0 Å². The molecular formula is C11H12ClN5O2S. The highest BCUT2D eigenvalue weighted by atomic mass is 35.5. The topological polar surface area (TPSA) is 106 Å². The molecule has 0 atom stereocenters. The Balaban J connectivity index is 1.97. The summed E-state index contributed by atoms with van der Waals surface area (Å²) in [5.74, 6) is -0.163. The van der Waals surface area contributed by atoms with Crippen LogP contribution in [0.4, 0.5) is 11.4 Å². The van der Waals surface area contributed by atoms with Crippen LogP contribution >= 0.6 is 23.4 Å². The molecule has 1 aromatic carbocycles. The molecule has 0 aliphatic heterocycles. The average molecular weight is 314 g/mol. The first-order chi connectivity index (χ1) is 9.47. The summed E-state index contributed by atoms with van der Waals surface area (Å²) in [5, 5.41) is 9.65. The van der Waals surface area contributed by atoms with Crippen molar-refractivity contribution in [1.29, 1.82) is 0 Å². The van der Waals surface area contributed by atoms with Crippen LogP contribution < -0.4 is 16.7 Å². The average Bonchev–Trinajstić information content (AvgIpc) is 2.72. The molecule has 1 amide bonds. The van der Waals surface area contributed by atoms with Crippen molar-refractivity contribution in [3.05, 3.63) is 33.7 Å². The van der Waals surface area contributed by atoms with E-state index < -0.39 is 0 Å². The number of H-pyrrole nitrogens is 1. The van der Waals surface area contributed by atoms with E-state index in [9.17, 15) is 9.59 Å². The van der Waals surface area contributed by atoms with Crippen LogP contribution in [0.5, 0.6) is 0 Å². The fourth-order valence-corrected chi connectivity index (χ4v) is 2.31. The van der Waals surface area contributed by atoms with Gasteiger partial charge in [-0.3, -0.25) is 9.36 Å². The minimum absolute atomic E-state index is 0.101. The van der Waals surface area contributed by atoms with Crippen molar-refractivity contribution in [3.8, 4) is 0 Å². The van der Waals surface area contributed by atoms with Crippen molar-refractivity contribution in [2.24, 2.45) is 7.05 Å². The van der Waals surface area contributed by atoms with Gasteiger partial charge in [-0.2, -0.15) is 0 Å². The minimum Gasteiger partial charge on any atom is -0.397 e. The first-order valence-corrected chi connectivity index (χ1v) is 6.93. The summed E-state index contributed by atoms with van der Waals surface area (Å²) >= 11 is 6.97. The molecule has 2 rings (SSSR count). The number of nitrogens with one attached hydrogen (secondary N) is 2. The van der Waals surface area contributed by atoms with E-state index in [2.05, 4.69) is 15.5 Å². The van der Waals surface area contributed by atoms with Crippen LogP contribution in [-0.4, -0.2) is 26.4 Å². The fraction of sp³-hybridized carbons (Fsp3) is 0.182. The molecule has 0 radical (unpaired) electrons. The monoisotopic (exact) mass is 313 g/mol. The minimum atomic E-state index is -0.327. The molecule has 0 spiro atoms. The molecule has 2 aromatic rings. The van der Waals surface area contributed by atoms with Crippen molar-refractivity contribution < 1.29 is 4.79 Å². The molecule has 7 nitrogen and oxygen atoms in total. The van der Waals surface area contributed by atoms with Gasteiger partial charge in [0.25, 0.3) is 0 Å². The van der Waals surface area contributed by atoms with E-state index in [1.54, 1.807) is 25.2 Å². The second kappa shape index (κ2) is 6.02. The molecule has 1 heterocycles. The number of rotatable bonds is 4. The number of carbonyl (C=O) groups excluding carboxylic acids is 1. The van der Waals surface area contributed by atoms with Gasteiger partial charge in [0.05, 0.1) is 17.1 Å². The van der Waals surface area contributed by atoms with Gasteiger partial charge in [-0.15, -0.1) is 5.10 Å². The molecule has 0 unspecified atom stereocenters. The summed E-state index contributed by atoms with van der Waals surface area (Å²) in [6.07, 6.45) is 0. The largest absolute Gasteiger partial charge is 0.397 e. The molecule has 0 saturated heterocycles. The molecule has 0 aliphatic rings. The van der Waals surface area contributed by atoms with Crippen molar-refractivity contribution in [2.75, 3.05) is 16.8 Å². The van der Waals surface area contributed by atoms with E-state index in [0.29, 0.717) is 21.6 Å². The van der Waals surface area contributed by atoms with Crippen molar-refractivity contribution in [1.82, 2.24) is 14.8 Å². The summed E-state index contributed by atoms with van der Waals surface area (Å²) in [6, 6.07) is 4.83. The number of hydrogen-bond acceptors (Lipinski definition) is 5. The van der Waals surface area contributed by atoms with Crippen LogP contribution in [0.25, 0.3) is 0 Å². The molecule has 0 fully saturated rings. The summed E-state index contributed by atoms with van der Waals surface area (Å²) in [6.45, 7) is 0. The molecule has 0 saturated carbocycles. The Labute approximate surface area is 123 Å². The summed E-state index contributed by atoms with van der Waals surface area (Å²) in [4.78, 5) is 23.0. The van der Waals surface area contributed by atoms with Gasteiger partial charge in [-0.1, -0.05) is 23.4 Å². The number of thioether (sulfide) groups is 1. The van der Waals surface area contributed by atoms with Gasteiger partial charge >= 0.3 is 5.69 Å². The lowest BCUT2D eigenvalue weighted by Crippen LogP contribution is -2.16. The van der Waals surface area contributed by atoms with Gasteiger partial charge in [0.2, 0.25) is 5.91 Å². The zero-order valence-corrected chi connectivity index (χ0v) is 12.1. The van der Waals surface area contributed by atoms with Crippen molar-refractivity contribution >= 4 is 40.6 Å². The third-order valence-electron chi connectivity index (χ3n) is 2.46. The number of nitrogens with two attached hydrogens (primary N) is 1. The van der Waals surface area contributed by atoms with Gasteiger partial charge in [0.1, 0.15) is 0 Å². The van der Waals surface area contributed by atoms with Gasteiger partial charge in [0, 0.05) is 12.1 Å². The third kappa shape index (κ3) is 3.34. The van der Waals surface area contributed by atoms with E-state index in [4.69, 9.17) is 17.3 Å². The number of amides is 1. The quantitative estimate of drug-likeness (QED) is 0.578. The first-order valence-electron chi connectivity index (χ1n) is 5.56. The lowest BCUT2D eigenvalue weighted by Gasteiger charge is -2.08. The Morgan fingerprint density at radius 2 is 2.35 bits per heavy atom. The highest BCUT2D eigenvalue weighted by Gasteiger charge is 2.10. The summed E-state index contributed by atoms with van der Waals surface area (Å²) < 4.78 is 1.33. The van der Waals surface area contributed by atoms with E-state index in [0.717, 1.165) is 11.8 Å². The third-order valence-corrected chi connectivity index (χ3v) is 3.73. The Kier molecular flexibility index (Phi) is 4.35. The number of hydrogen-bond donors (Lipinski definition) is 3. The number of aromatic amines is 1. The SMILES string of the molecule is Cn1c(SCC(=O)Nc2cc(Cl)ccc2N)n[nH]c1=O. The van der Waals surface area contributed by atoms with Gasteiger partial charge in [-0.05, 0) is 18.2 Å². The van der Waals surface area contributed by atoms with Crippen LogP contribution in [0.3, 0.4) is 0 Å². The molecule has 0 aliphatic carbocycles. The van der Waals surface area contributed by atoms with Gasteiger partial charge < -0.3 is 11.1 Å². The number of nitrogens with zero attached hydrogens (tertiary/aromatic N) is 2. The Morgan fingerprint density at radius 1 is 1.60 bits per heavy atom. The van der Waals surface area contributed by atoms with Gasteiger partial charge in [0.15, 0.2) is 5.16 Å². The number of halogens is 1. The van der Waals surface area contributed by atoms with Crippen molar-refractivity contribution in [2.45, 2.75) is 5.16 Å². The van der Waals surface area contributed by atoms with Crippen LogP contribution in [0.15, 0.2) is 28.2 Å². The normalized spacial score (nSPS) is 10.5. The molecule has 4 N–H and O–H groups in total. The second-order valence-corrected chi connectivity index (χ2v) is 5.32. The summed E-state index contributed by atoms with van der Waals surface area (Å²) in [5.41, 5.74) is 6.29. The highest BCUT2D eigenvalue weighted by Crippen LogP contribution is 2.23. The lowest BCUT2D eigenvalue weighted by atomic mass is 10.2. The van der Waals surface area contributed by atoms with Gasteiger partial charge in [-0.25, -0.2) is 9.89 Å². The second-order valence-electron chi connectivity index (χ2n) is 3.94. The molecule has 20 heavy (non-hydrogen) atoms. The highest BCUT2D eigenvalue weighted by molar-refractivity contribution is 7.99. The maximum atomic E-state index is 11.8. The zero-order valence-electron chi connectivity index (χ0n) is 10.5. The molecule has 9 heteroatoms. The summed E-state index contributed by atoms with van der Waals surface area (Å²) in [7, 11) is 1.57. The van der Waals surface area contributed by atoms with E-state index in [1.165, 1.54) is 4.57 Å². The van der Waals surface area contributed by atoms with Crippen LogP contribution in [0.1, 0.15) is 0 Å². The lowest BCUT2D eigenvalue weighted by molar-refractivity contribution is -0.113. The van der Waals surface area contributed by atoms with Crippen LogP contribution in [-0.2, 0) is 11.8 Å².